The van der Waals surface area contributed by atoms with Crippen molar-refractivity contribution in [2.24, 2.45) is 5.10 Å². The van der Waals surface area contributed by atoms with Crippen molar-refractivity contribution >= 4 is 23.8 Å². The van der Waals surface area contributed by atoms with Crippen molar-refractivity contribution in [1.82, 2.24) is 10.3 Å². The van der Waals surface area contributed by atoms with E-state index in [0.717, 1.165) is 10.6 Å². The quantitative estimate of drug-likeness (QED) is 0.367. The van der Waals surface area contributed by atoms with Crippen LogP contribution in [0.4, 0.5) is 10.5 Å². The summed E-state index contributed by atoms with van der Waals surface area (Å²) in [5.74, 6) is -0.454. The van der Waals surface area contributed by atoms with Gasteiger partial charge in [0, 0.05) is 17.7 Å². The number of carbonyl (C=O) groups is 2. The second kappa shape index (κ2) is 7.36. The summed E-state index contributed by atoms with van der Waals surface area (Å²) in [4.78, 5) is 35.2. The second-order valence-corrected chi connectivity index (χ2v) is 6.46. The summed E-state index contributed by atoms with van der Waals surface area (Å²) in [6, 6.07) is 14.8. The maximum absolute atomic E-state index is 12.7. The normalized spacial score (nSPS) is 19.5. The number of non-ortho nitro benzene ring substituents is 1. The molecule has 1 saturated heterocycles. The minimum atomic E-state index is -1.05. The molecule has 0 unspecified atom stereocenters. The highest BCUT2D eigenvalue weighted by Crippen LogP contribution is 2.23. The van der Waals surface area contributed by atoms with Gasteiger partial charge in [0.05, 0.1) is 11.1 Å². The van der Waals surface area contributed by atoms with Gasteiger partial charge in [-0.2, -0.15) is 5.10 Å². The van der Waals surface area contributed by atoms with E-state index in [2.05, 4.69) is 10.4 Å². The van der Waals surface area contributed by atoms with Gasteiger partial charge >= 0.3 is 6.03 Å². The Kier molecular flexibility index (Phi) is 4.98. The van der Waals surface area contributed by atoms with E-state index < -0.39 is 22.4 Å². The van der Waals surface area contributed by atoms with Crippen LogP contribution in [-0.2, 0) is 11.2 Å². The van der Waals surface area contributed by atoms with Crippen LogP contribution in [0.5, 0.6) is 0 Å². The standard InChI is InChI=1S/C19H18N4O4/c1-19(11-10-14-6-3-2-4-7-14)17(24)22(18(25)21-19)20-13-15-8-5-9-16(12-15)23(26)27/h2-9,12-13H,10-11H2,1H3,(H,21,25)/b20-13-/t19-/m0/s1. The minimum Gasteiger partial charge on any atom is -0.322 e. The first kappa shape index (κ1) is 18.2. The third-order valence-electron chi connectivity index (χ3n) is 4.40. The van der Waals surface area contributed by atoms with Crippen LogP contribution in [0.2, 0.25) is 0 Å². The number of nitrogens with zero attached hydrogens (tertiary/aromatic N) is 3. The summed E-state index contributed by atoms with van der Waals surface area (Å²) < 4.78 is 0. The van der Waals surface area contributed by atoms with E-state index in [9.17, 15) is 19.7 Å². The molecule has 1 fully saturated rings. The van der Waals surface area contributed by atoms with Crippen molar-refractivity contribution in [1.29, 1.82) is 0 Å². The molecular weight excluding hydrogens is 348 g/mol. The number of urea groups is 1. The van der Waals surface area contributed by atoms with Crippen molar-refractivity contribution in [3.8, 4) is 0 Å². The Hall–Kier alpha value is -3.55. The number of amides is 3. The van der Waals surface area contributed by atoms with Gasteiger partial charge in [-0.05, 0) is 25.3 Å². The van der Waals surface area contributed by atoms with Gasteiger partial charge in [0.2, 0.25) is 0 Å². The molecular formula is C19H18N4O4. The maximum Gasteiger partial charge on any atom is 0.346 e. The Labute approximate surface area is 155 Å². The molecule has 3 amide bonds. The molecule has 1 aliphatic rings. The van der Waals surface area contributed by atoms with Gasteiger partial charge in [-0.25, -0.2) is 4.79 Å². The number of aryl methyl sites for hydroxylation is 1. The van der Waals surface area contributed by atoms with Crippen LogP contribution in [-0.4, -0.2) is 33.6 Å². The fourth-order valence-electron chi connectivity index (χ4n) is 2.82. The van der Waals surface area contributed by atoms with E-state index in [1.165, 1.54) is 24.4 Å². The molecule has 1 aliphatic heterocycles. The minimum absolute atomic E-state index is 0.0937. The molecule has 0 aliphatic carbocycles. The van der Waals surface area contributed by atoms with Gasteiger partial charge < -0.3 is 5.32 Å². The fraction of sp³-hybridized carbons (Fsp3) is 0.211. The summed E-state index contributed by atoms with van der Waals surface area (Å²) in [5, 5.41) is 18.2. The number of carbonyl (C=O) groups excluding carboxylic acids is 2. The highest BCUT2D eigenvalue weighted by Gasteiger charge is 2.47. The number of benzene rings is 2. The zero-order valence-corrected chi connectivity index (χ0v) is 14.7. The van der Waals surface area contributed by atoms with Gasteiger partial charge in [-0.15, -0.1) is 5.01 Å². The van der Waals surface area contributed by atoms with Crippen molar-refractivity contribution in [3.63, 3.8) is 0 Å². The Bertz CT molecular complexity index is 913. The number of hydrazone groups is 1. The predicted molar refractivity (Wildman–Crippen MR) is 99.2 cm³/mol. The number of nitro benzene ring substituents is 1. The average Bonchev–Trinajstić information content (AvgIpc) is 2.88. The van der Waals surface area contributed by atoms with Crippen LogP contribution >= 0.6 is 0 Å². The molecule has 0 aromatic heterocycles. The monoisotopic (exact) mass is 366 g/mol. The number of nitro groups is 1. The van der Waals surface area contributed by atoms with Crippen molar-refractivity contribution in [2.45, 2.75) is 25.3 Å². The predicted octanol–water partition coefficient (Wildman–Crippen LogP) is 2.87. The van der Waals surface area contributed by atoms with Crippen molar-refractivity contribution in [3.05, 3.63) is 75.8 Å². The zero-order chi connectivity index (χ0) is 19.4. The lowest BCUT2D eigenvalue weighted by molar-refractivity contribution is -0.384. The molecule has 1 atom stereocenters. The topological polar surface area (TPSA) is 105 Å². The first-order chi connectivity index (χ1) is 12.9. The molecule has 0 radical (unpaired) electrons. The molecule has 138 valence electrons. The molecule has 0 bridgehead atoms. The van der Waals surface area contributed by atoms with Gasteiger partial charge in [0.15, 0.2) is 0 Å². The van der Waals surface area contributed by atoms with Crippen molar-refractivity contribution < 1.29 is 14.5 Å². The number of imide groups is 1. The van der Waals surface area contributed by atoms with Crippen LogP contribution in [0, 0.1) is 10.1 Å². The average molecular weight is 366 g/mol. The number of rotatable bonds is 6. The van der Waals surface area contributed by atoms with Crippen LogP contribution in [0.25, 0.3) is 0 Å². The maximum atomic E-state index is 12.7. The largest absolute Gasteiger partial charge is 0.346 e. The molecule has 2 aromatic carbocycles. The third kappa shape index (κ3) is 4.00. The Morgan fingerprint density at radius 1 is 1.19 bits per heavy atom. The zero-order valence-electron chi connectivity index (χ0n) is 14.7. The first-order valence-electron chi connectivity index (χ1n) is 8.38. The highest BCUT2D eigenvalue weighted by atomic mass is 16.6. The van der Waals surface area contributed by atoms with E-state index in [-0.39, 0.29) is 5.69 Å². The smallest absolute Gasteiger partial charge is 0.322 e. The van der Waals surface area contributed by atoms with Gasteiger partial charge in [-0.1, -0.05) is 42.5 Å². The van der Waals surface area contributed by atoms with E-state index in [1.807, 2.05) is 30.3 Å². The number of hydrogen-bond donors (Lipinski definition) is 1. The van der Waals surface area contributed by atoms with E-state index in [0.29, 0.717) is 18.4 Å². The molecule has 8 heteroatoms. The highest BCUT2D eigenvalue weighted by molar-refractivity contribution is 6.07. The summed E-state index contributed by atoms with van der Waals surface area (Å²) >= 11 is 0. The molecule has 3 rings (SSSR count). The Morgan fingerprint density at radius 3 is 2.63 bits per heavy atom. The van der Waals surface area contributed by atoms with Crippen LogP contribution in [0.3, 0.4) is 0 Å². The van der Waals surface area contributed by atoms with Gasteiger partial charge in [0.25, 0.3) is 11.6 Å². The van der Waals surface area contributed by atoms with Gasteiger partial charge in [0.1, 0.15) is 5.54 Å². The summed E-state index contributed by atoms with van der Waals surface area (Å²) in [6.45, 7) is 1.67. The third-order valence-corrected chi connectivity index (χ3v) is 4.40. The molecule has 1 N–H and O–H groups in total. The molecule has 0 spiro atoms. The van der Waals surface area contributed by atoms with Crippen LogP contribution in [0.15, 0.2) is 59.7 Å². The van der Waals surface area contributed by atoms with E-state index >= 15 is 0 Å². The second-order valence-electron chi connectivity index (χ2n) is 6.46. The molecule has 8 nitrogen and oxygen atoms in total. The Balaban J connectivity index is 1.72. The van der Waals surface area contributed by atoms with E-state index in [4.69, 9.17) is 0 Å². The van der Waals surface area contributed by atoms with E-state index in [1.54, 1.807) is 13.0 Å². The SMILES string of the molecule is C[C@@]1(CCc2ccccc2)NC(=O)N(/N=C\c2cccc([N+](=O)[O-])c2)C1=O. The lowest BCUT2D eigenvalue weighted by Crippen LogP contribution is -2.44. The lowest BCUT2D eigenvalue weighted by Gasteiger charge is -2.20. The molecule has 2 aromatic rings. The van der Waals surface area contributed by atoms with Crippen LogP contribution < -0.4 is 5.32 Å². The first-order valence-corrected chi connectivity index (χ1v) is 8.38. The number of nitrogens with one attached hydrogen (secondary N) is 1. The number of hydrogen-bond acceptors (Lipinski definition) is 5. The van der Waals surface area contributed by atoms with Crippen LogP contribution in [0.1, 0.15) is 24.5 Å². The lowest BCUT2D eigenvalue weighted by atomic mass is 9.93. The summed E-state index contributed by atoms with van der Waals surface area (Å²) in [6.07, 6.45) is 2.32. The van der Waals surface area contributed by atoms with Crippen molar-refractivity contribution in [2.75, 3.05) is 0 Å². The molecule has 27 heavy (non-hydrogen) atoms. The summed E-state index contributed by atoms with van der Waals surface area (Å²) in [7, 11) is 0. The van der Waals surface area contributed by atoms with Gasteiger partial charge in [-0.3, -0.25) is 14.9 Å². The Morgan fingerprint density at radius 2 is 1.93 bits per heavy atom. The molecule has 0 saturated carbocycles. The molecule has 1 heterocycles. The summed E-state index contributed by atoms with van der Waals surface area (Å²) in [5.41, 5.74) is 0.346. The fourth-order valence-corrected chi connectivity index (χ4v) is 2.82.